The van der Waals surface area contributed by atoms with E-state index in [0.29, 0.717) is 11.0 Å². The van der Waals surface area contributed by atoms with E-state index in [1.165, 1.54) is 12.1 Å². The van der Waals surface area contributed by atoms with Gasteiger partial charge in [0.1, 0.15) is 5.82 Å². The molecule has 0 spiro atoms. The highest BCUT2D eigenvalue weighted by Gasteiger charge is 2.30. The molecule has 1 aliphatic heterocycles. The number of hydrogen-bond donors (Lipinski definition) is 2. The minimum absolute atomic E-state index is 0. The zero-order chi connectivity index (χ0) is 16.2. The Morgan fingerprint density at radius 3 is 2.57 bits per heavy atom. The van der Waals surface area contributed by atoms with Crippen LogP contribution in [0.5, 0.6) is 0 Å². The quantitative estimate of drug-likeness (QED) is 0.434. The van der Waals surface area contributed by atoms with Gasteiger partial charge in [-0.2, -0.15) is 0 Å². The molecule has 6 heteroatoms. The summed E-state index contributed by atoms with van der Waals surface area (Å²) in [7, 11) is 0. The summed E-state index contributed by atoms with van der Waals surface area (Å²) in [6.07, 6.45) is 0.419. The van der Waals surface area contributed by atoms with Crippen LogP contribution in [0.25, 0.3) is 0 Å². The van der Waals surface area contributed by atoms with Crippen molar-refractivity contribution >= 4 is 29.9 Å². The van der Waals surface area contributed by atoms with E-state index in [4.69, 9.17) is 0 Å². The lowest BCUT2D eigenvalue weighted by Gasteiger charge is -2.24. The normalized spacial score (nSPS) is 18.5. The molecule has 0 aromatic heterocycles. The predicted molar refractivity (Wildman–Crippen MR) is 103 cm³/mol. The number of nitrogens with one attached hydrogen (secondary N) is 1. The highest BCUT2D eigenvalue weighted by molar-refractivity contribution is 14.0. The molecule has 1 aliphatic rings. The fourth-order valence-corrected chi connectivity index (χ4v) is 2.68. The standard InChI is InChI=1S/C17H26FN3O.HI/c1-4-19-16(21-10-9-17(2,3)12-21)20-11-15(22)13-5-7-14(18)8-6-13;/h5-8,15,22H,4,9-12H2,1-3H3,(H,19,20);1H. The first-order valence-corrected chi connectivity index (χ1v) is 7.88. The van der Waals surface area contributed by atoms with Gasteiger partial charge in [0.25, 0.3) is 0 Å². The summed E-state index contributed by atoms with van der Waals surface area (Å²) in [4.78, 5) is 6.78. The van der Waals surface area contributed by atoms with Gasteiger partial charge in [0.15, 0.2) is 5.96 Å². The molecule has 1 fully saturated rings. The highest BCUT2D eigenvalue weighted by Crippen LogP contribution is 2.28. The van der Waals surface area contributed by atoms with E-state index in [0.717, 1.165) is 32.0 Å². The molecule has 4 nitrogen and oxygen atoms in total. The molecule has 2 rings (SSSR count). The molecule has 23 heavy (non-hydrogen) atoms. The summed E-state index contributed by atoms with van der Waals surface area (Å²) >= 11 is 0. The average Bonchev–Trinajstić information content (AvgIpc) is 2.84. The Morgan fingerprint density at radius 2 is 2.04 bits per heavy atom. The van der Waals surface area contributed by atoms with Crippen LogP contribution in [-0.4, -0.2) is 42.1 Å². The summed E-state index contributed by atoms with van der Waals surface area (Å²) < 4.78 is 12.9. The summed E-state index contributed by atoms with van der Waals surface area (Å²) in [6.45, 7) is 9.55. The lowest BCUT2D eigenvalue weighted by atomic mass is 9.93. The van der Waals surface area contributed by atoms with Gasteiger partial charge in [-0.3, -0.25) is 4.99 Å². The maximum Gasteiger partial charge on any atom is 0.194 e. The van der Waals surface area contributed by atoms with Crippen LogP contribution in [0.4, 0.5) is 4.39 Å². The molecule has 1 unspecified atom stereocenters. The Hall–Kier alpha value is -0.890. The highest BCUT2D eigenvalue weighted by atomic mass is 127. The molecule has 0 amide bonds. The van der Waals surface area contributed by atoms with Gasteiger partial charge < -0.3 is 15.3 Å². The van der Waals surface area contributed by atoms with Crippen molar-refractivity contribution in [2.75, 3.05) is 26.2 Å². The van der Waals surface area contributed by atoms with E-state index in [1.54, 1.807) is 12.1 Å². The number of rotatable bonds is 4. The van der Waals surface area contributed by atoms with Crippen molar-refractivity contribution in [1.29, 1.82) is 0 Å². The number of aliphatic hydroxyl groups excluding tert-OH is 1. The number of hydrogen-bond acceptors (Lipinski definition) is 2. The van der Waals surface area contributed by atoms with Crippen LogP contribution in [0.1, 0.15) is 38.9 Å². The maximum atomic E-state index is 12.9. The number of halogens is 2. The second-order valence-electron chi connectivity index (χ2n) is 6.60. The molecule has 2 N–H and O–H groups in total. The molecular formula is C17H27FIN3O. The zero-order valence-electron chi connectivity index (χ0n) is 14.1. The topological polar surface area (TPSA) is 47.9 Å². The Morgan fingerprint density at radius 1 is 1.39 bits per heavy atom. The fourth-order valence-electron chi connectivity index (χ4n) is 2.68. The monoisotopic (exact) mass is 435 g/mol. The minimum atomic E-state index is -0.718. The third kappa shape index (κ3) is 5.91. The van der Waals surface area contributed by atoms with Crippen LogP contribution < -0.4 is 5.32 Å². The minimum Gasteiger partial charge on any atom is -0.386 e. The van der Waals surface area contributed by atoms with Gasteiger partial charge in [-0.05, 0) is 36.5 Å². The van der Waals surface area contributed by atoms with Crippen molar-refractivity contribution in [2.45, 2.75) is 33.3 Å². The van der Waals surface area contributed by atoms with Crippen LogP contribution in [0.15, 0.2) is 29.3 Å². The van der Waals surface area contributed by atoms with E-state index in [2.05, 4.69) is 29.1 Å². The Kier molecular flexibility index (Phi) is 7.73. The van der Waals surface area contributed by atoms with Gasteiger partial charge in [-0.25, -0.2) is 4.39 Å². The van der Waals surface area contributed by atoms with Gasteiger partial charge >= 0.3 is 0 Å². The van der Waals surface area contributed by atoms with Crippen LogP contribution in [-0.2, 0) is 0 Å². The largest absolute Gasteiger partial charge is 0.386 e. The molecule has 1 heterocycles. The molecule has 1 aromatic carbocycles. The molecular weight excluding hydrogens is 408 g/mol. The van der Waals surface area contributed by atoms with E-state index in [-0.39, 0.29) is 36.3 Å². The molecule has 1 saturated heterocycles. The molecule has 1 aromatic rings. The first-order chi connectivity index (χ1) is 10.4. The molecule has 130 valence electrons. The second kappa shape index (κ2) is 8.82. The van der Waals surface area contributed by atoms with Gasteiger partial charge in [0.2, 0.25) is 0 Å². The lowest BCUT2D eigenvalue weighted by Crippen LogP contribution is -2.41. The van der Waals surface area contributed by atoms with Crippen molar-refractivity contribution in [3.63, 3.8) is 0 Å². The summed E-state index contributed by atoms with van der Waals surface area (Å²) in [6, 6.07) is 5.91. The number of benzene rings is 1. The molecule has 0 saturated carbocycles. The van der Waals surface area contributed by atoms with Crippen molar-refractivity contribution in [1.82, 2.24) is 10.2 Å². The number of aliphatic hydroxyl groups is 1. The van der Waals surface area contributed by atoms with Gasteiger partial charge in [-0.1, -0.05) is 26.0 Å². The zero-order valence-corrected chi connectivity index (χ0v) is 16.4. The van der Waals surface area contributed by atoms with Gasteiger partial charge in [-0.15, -0.1) is 24.0 Å². The summed E-state index contributed by atoms with van der Waals surface area (Å²) in [5, 5.41) is 13.5. The second-order valence-corrected chi connectivity index (χ2v) is 6.60. The first kappa shape index (κ1) is 20.2. The van der Waals surface area contributed by atoms with E-state index in [1.807, 2.05) is 6.92 Å². The first-order valence-electron chi connectivity index (χ1n) is 7.88. The maximum absolute atomic E-state index is 12.9. The van der Waals surface area contributed by atoms with Crippen LogP contribution in [0, 0.1) is 11.2 Å². The third-order valence-electron chi connectivity index (χ3n) is 3.98. The van der Waals surface area contributed by atoms with Crippen molar-refractivity contribution in [3.05, 3.63) is 35.6 Å². The molecule has 0 radical (unpaired) electrons. The number of nitrogens with zero attached hydrogens (tertiary/aromatic N) is 2. The Labute approximate surface area is 155 Å². The van der Waals surface area contributed by atoms with Gasteiger partial charge in [0, 0.05) is 19.6 Å². The SMILES string of the molecule is CCNC(=NCC(O)c1ccc(F)cc1)N1CCC(C)(C)C1.I. The van der Waals surface area contributed by atoms with Crippen molar-refractivity contribution in [2.24, 2.45) is 10.4 Å². The Bertz CT molecular complexity index is 519. The predicted octanol–water partition coefficient (Wildman–Crippen LogP) is 3.17. The van der Waals surface area contributed by atoms with Crippen LogP contribution >= 0.6 is 24.0 Å². The molecule has 0 aliphatic carbocycles. The average molecular weight is 435 g/mol. The van der Waals surface area contributed by atoms with Crippen LogP contribution in [0.2, 0.25) is 0 Å². The van der Waals surface area contributed by atoms with Crippen molar-refractivity contribution in [3.8, 4) is 0 Å². The lowest BCUT2D eigenvalue weighted by molar-refractivity contribution is 0.186. The number of guanidine groups is 1. The Balaban J connectivity index is 0.00000264. The summed E-state index contributed by atoms with van der Waals surface area (Å²) in [5.41, 5.74) is 0.980. The molecule has 1 atom stereocenters. The number of aliphatic imine (C=N–C) groups is 1. The third-order valence-corrected chi connectivity index (χ3v) is 3.98. The smallest absolute Gasteiger partial charge is 0.194 e. The molecule has 0 bridgehead atoms. The van der Waals surface area contributed by atoms with Gasteiger partial charge in [0.05, 0.1) is 12.6 Å². The van der Waals surface area contributed by atoms with E-state index < -0.39 is 6.10 Å². The summed E-state index contributed by atoms with van der Waals surface area (Å²) in [5.74, 6) is 0.543. The fraction of sp³-hybridized carbons (Fsp3) is 0.588. The number of likely N-dealkylation sites (tertiary alicyclic amines) is 1. The van der Waals surface area contributed by atoms with E-state index >= 15 is 0 Å². The van der Waals surface area contributed by atoms with Crippen LogP contribution in [0.3, 0.4) is 0 Å². The van der Waals surface area contributed by atoms with E-state index in [9.17, 15) is 9.50 Å². The van der Waals surface area contributed by atoms with Crippen molar-refractivity contribution < 1.29 is 9.50 Å².